The molecule has 0 fully saturated rings. The minimum atomic E-state index is -0.0657. The van der Waals surface area contributed by atoms with E-state index in [4.69, 9.17) is 0 Å². The number of carbonyl (C=O) groups is 1. The van der Waals surface area contributed by atoms with Crippen LogP contribution in [0.5, 0.6) is 0 Å². The van der Waals surface area contributed by atoms with Crippen LogP contribution < -0.4 is 10.5 Å². The molecule has 0 saturated carbocycles. The Kier molecular flexibility index (Phi) is 5.96. The molecule has 0 atom stereocenters. The Morgan fingerprint density at radius 3 is 2.63 bits per heavy atom. The topological polar surface area (TPSA) is 55.2 Å². The molecular formula is C21H23N3O2S. The van der Waals surface area contributed by atoms with E-state index in [1.807, 2.05) is 63.2 Å². The second-order valence-corrected chi connectivity index (χ2v) is 7.17. The number of benzene rings is 2. The number of aromatic nitrogens is 2. The molecule has 1 amide bonds. The molecule has 3 aromatic rings. The third-order valence-corrected chi connectivity index (χ3v) is 5.36. The SMILES string of the molecule is CCN(C(=O)CSc1nc2ccccc2c(=O)n1CC)c1cccc(C)c1. The summed E-state index contributed by atoms with van der Waals surface area (Å²) in [5, 5.41) is 1.18. The molecule has 0 N–H and O–H groups in total. The molecule has 0 unspecified atom stereocenters. The molecule has 27 heavy (non-hydrogen) atoms. The van der Waals surface area contributed by atoms with Crippen molar-refractivity contribution in [3.63, 3.8) is 0 Å². The predicted molar refractivity (Wildman–Crippen MR) is 112 cm³/mol. The summed E-state index contributed by atoms with van der Waals surface area (Å²) in [7, 11) is 0. The summed E-state index contributed by atoms with van der Waals surface area (Å²) in [4.78, 5) is 31.9. The maximum atomic E-state index is 12.8. The van der Waals surface area contributed by atoms with Gasteiger partial charge in [-0.15, -0.1) is 0 Å². The van der Waals surface area contributed by atoms with Crippen LogP contribution in [-0.2, 0) is 11.3 Å². The summed E-state index contributed by atoms with van der Waals surface area (Å²) < 4.78 is 1.63. The van der Waals surface area contributed by atoms with Gasteiger partial charge in [0.05, 0.1) is 16.7 Å². The molecule has 0 radical (unpaired) electrons. The fraction of sp³-hybridized carbons (Fsp3) is 0.286. The monoisotopic (exact) mass is 381 g/mol. The van der Waals surface area contributed by atoms with Crippen molar-refractivity contribution in [3.8, 4) is 0 Å². The Bertz CT molecular complexity index is 1030. The lowest BCUT2D eigenvalue weighted by atomic mass is 10.2. The van der Waals surface area contributed by atoms with Gasteiger partial charge in [0, 0.05) is 18.8 Å². The van der Waals surface area contributed by atoms with E-state index >= 15 is 0 Å². The zero-order valence-corrected chi connectivity index (χ0v) is 16.6. The van der Waals surface area contributed by atoms with Gasteiger partial charge in [0.15, 0.2) is 5.16 Å². The summed E-state index contributed by atoms with van der Waals surface area (Å²) in [5.41, 5.74) is 2.60. The molecule has 140 valence electrons. The second-order valence-electron chi connectivity index (χ2n) is 6.23. The Morgan fingerprint density at radius 2 is 1.93 bits per heavy atom. The van der Waals surface area contributed by atoms with Crippen LogP contribution in [0.3, 0.4) is 0 Å². The molecule has 1 aromatic heterocycles. The molecule has 0 aliphatic heterocycles. The van der Waals surface area contributed by atoms with Crippen LogP contribution in [0.4, 0.5) is 5.69 Å². The van der Waals surface area contributed by atoms with Crippen molar-refractivity contribution in [2.45, 2.75) is 32.5 Å². The fourth-order valence-corrected chi connectivity index (χ4v) is 3.98. The first-order valence-electron chi connectivity index (χ1n) is 9.04. The van der Waals surface area contributed by atoms with Crippen molar-refractivity contribution in [2.24, 2.45) is 0 Å². The van der Waals surface area contributed by atoms with Gasteiger partial charge in [0.1, 0.15) is 0 Å². The lowest BCUT2D eigenvalue weighted by Crippen LogP contribution is -2.32. The highest BCUT2D eigenvalue weighted by atomic mass is 32.2. The molecule has 0 saturated heterocycles. The third kappa shape index (κ3) is 4.06. The van der Waals surface area contributed by atoms with Crippen molar-refractivity contribution in [1.29, 1.82) is 0 Å². The lowest BCUT2D eigenvalue weighted by molar-refractivity contribution is -0.116. The van der Waals surface area contributed by atoms with Gasteiger partial charge in [-0.25, -0.2) is 4.98 Å². The number of aryl methyl sites for hydroxylation is 1. The van der Waals surface area contributed by atoms with Crippen molar-refractivity contribution in [3.05, 3.63) is 64.4 Å². The van der Waals surface area contributed by atoms with E-state index in [1.165, 1.54) is 11.8 Å². The van der Waals surface area contributed by atoms with E-state index in [-0.39, 0.29) is 17.2 Å². The van der Waals surface area contributed by atoms with Crippen LogP contribution in [0.25, 0.3) is 10.9 Å². The highest BCUT2D eigenvalue weighted by molar-refractivity contribution is 7.99. The minimum Gasteiger partial charge on any atom is -0.312 e. The van der Waals surface area contributed by atoms with Gasteiger partial charge in [-0.1, -0.05) is 36.0 Å². The van der Waals surface area contributed by atoms with E-state index in [0.29, 0.717) is 29.1 Å². The highest BCUT2D eigenvalue weighted by Crippen LogP contribution is 2.21. The maximum Gasteiger partial charge on any atom is 0.262 e. The summed E-state index contributed by atoms with van der Waals surface area (Å²) in [6.07, 6.45) is 0. The standard InChI is InChI=1S/C21H23N3O2S/c1-4-23(16-10-8-9-15(3)13-16)19(25)14-27-21-22-18-12-7-6-11-17(18)20(26)24(21)5-2/h6-13H,4-5,14H2,1-3H3. The molecule has 5 nitrogen and oxygen atoms in total. The molecule has 3 rings (SSSR count). The van der Waals surface area contributed by atoms with E-state index in [9.17, 15) is 9.59 Å². The number of thioether (sulfide) groups is 1. The number of hydrogen-bond donors (Lipinski definition) is 0. The van der Waals surface area contributed by atoms with Crippen LogP contribution in [0.15, 0.2) is 58.5 Å². The van der Waals surface area contributed by atoms with Crippen molar-refractivity contribution in [1.82, 2.24) is 9.55 Å². The summed E-state index contributed by atoms with van der Waals surface area (Å²) in [5.74, 6) is 0.227. The number of amides is 1. The molecule has 0 bridgehead atoms. The van der Waals surface area contributed by atoms with Gasteiger partial charge < -0.3 is 4.90 Å². The summed E-state index contributed by atoms with van der Waals surface area (Å²) in [6, 6.07) is 15.2. The number of para-hydroxylation sites is 1. The van der Waals surface area contributed by atoms with E-state index in [2.05, 4.69) is 4.98 Å². The largest absolute Gasteiger partial charge is 0.312 e. The quantitative estimate of drug-likeness (QED) is 0.480. The van der Waals surface area contributed by atoms with Crippen molar-refractivity contribution < 1.29 is 4.79 Å². The molecule has 6 heteroatoms. The molecule has 0 aliphatic carbocycles. The Hall–Kier alpha value is -2.60. The Morgan fingerprint density at radius 1 is 1.15 bits per heavy atom. The molecule has 0 aliphatic rings. The Balaban J connectivity index is 1.85. The van der Waals surface area contributed by atoms with Crippen molar-refractivity contribution >= 4 is 34.3 Å². The number of rotatable bonds is 6. The van der Waals surface area contributed by atoms with Gasteiger partial charge in [0.2, 0.25) is 5.91 Å². The van der Waals surface area contributed by atoms with E-state index < -0.39 is 0 Å². The average Bonchev–Trinajstić information content (AvgIpc) is 2.67. The molecule has 2 aromatic carbocycles. The molecule has 1 heterocycles. The van der Waals surface area contributed by atoms with E-state index in [0.717, 1.165) is 11.3 Å². The fourth-order valence-electron chi connectivity index (χ4n) is 3.04. The molecular weight excluding hydrogens is 358 g/mol. The first-order valence-corrected chi connectivity index (χ1v) is 10.0. The van der Waals surface area contributed by atoms with Crippen LogP contribution in [-0.4, -0.2) is 27.8 Å². The van der Waals surface area contributed by atoms with Gasteiger partial charge in [-0.05, 0) is 50.6 Å². The normalized spacial score (nSPS) is 10.9. The van der Waals surface area contributed by atoms with Gasteiger partial charge >= 0.3 is 0 Å². The number of anilines is 1. The third-order valence-electron chi connectivity index (χ3n) is 4.40. The summed E-state index contributed by atoms with van der Waals surface area (Å²) >= 11 is 1.31. The second kappa shape index (κ2) is 8.39. The maximum absolute atomic E-state index is 12.8. The van der Waals surface area contributed by atoms with Crippen LogP contribution in [0.1, 0.15) is 19.4 Å². The average molecular weight is 382 g/mol. The van der Waals surface area contributed by atoms with Gasteiger partial charge in [-0.2, -0.15) is 0 Å². The zero-order chi connectivity index (χ0) is 19.4. The van der Waals surface area contributed by atoms with E-state index in [1.54, 1.807) is 15.5 Å². The van der Waals surface area contributed by atoms with Gasteiger partial charge in [-0.3, -0.25) is 14.2 Å². The van der Waals surface area contributed by atoms with Crippen molar-refractivity contribution in [2.75, 3.05) is 17.2 Å². The van der Waals surface area contributed by atoms with Crippen LogP contribution >= 0.6 is 11.8 Å². The first-order chi connectivity index (χ1) is 13.0. The number of hydrogen-bond acceptors (Lipinski definition) is 4. The predicted octanol–water partition coefficient (Wildman–Crippen LogP) is 3.87. The Labute approximate surface area is 163 Å². The summed E-state index contributed by atoms with van der Waals surface area (Å²) in [6.45, 7) is 6.99. The lowest BCUT2D eigenvalue weighted by Gasteiger charge is -2.21. The number of carbonyl (C=O) groups excluding carboxylic acids is 1. The van der Waals surface area contributed by atoms with Crippen LogP contribution in [0, 0.1) is 6.92 Å². The smallest absolute Gasteiger partial charge is 0.262 e. The van der Waals surface area contributed by atoms with Crippen LogP contribution in [0.2, 0.25) is 0 Å². The highest BCUT2D eigenvalue weighted by Gasteiger charge is 2.17. The minimum absolute atomic E-state index is 0.00170. The number of nitrogens with zero attached hydrogens (tertiary/aromatic N) is 3. The molecule has 0 spiro atoms. The zero-order valence-electron chi connectivity index (χ0n) is 15.8. The first kappa shape index (κ1) is 19.2. The van der Waals surface area contributed by atoms with Gasteiger partial charge in [0.25, 0.3) is 5.56 Å². The number of fused-ring (bicyclic) bond motifs is 1.